The molecule has 2 aliphatic heterocycles. The van der Waals surface area contributed by atoms with Gasteiger partial charge in [0, 0.05) is 45.3 Å². The van der Waals surface area contributed by atoms with Crippen LogP contribution in [0.1, 0.15) is 44.3 Å². The third kappa shape index (κ3) is 9.89. The van der Waals surface area contributed by atoms with Crippen molar-refractivity contribution >= 4 is 50.0 Å². The Morgan fingerprint density at radius 1 is 1.00 bits per heavy atom. The van der Waals surface area contributed by atoms with Gasteiger partial charge in [-0.1, -0.05) is 0 Å². The summed E-state index contributed by atoms with van der Waals surface area (Å²) in [7, 11) is -2.28. The van der Waals surface area contributed by atoms with E-state index in [4.69, 9.17) is 19.4 Å². The van der Waals surface area contributed by atoms with Gasteiger partial charge in [0.1, 0.15) is 0 Å². The number of anilines is 5. The van der Waals surface area contributed by atoms with Crippen LogP contribution in [0.3, 0.4) is 0 Å². The number of nitrogens with zero attached hydrogens (tertiary/aromatic N) is 11. The first-order valence-electron chi connectivity index (χ1n) is 19.3. The SMILES string of the molecule is CC(c1cnc(N([O-])[I-]O)n1C)N(c1cnc2cc(N3CCOCC3)nc(OCC3CCC(Nc4ncc(N5CCN(CC(F)F)CC5)cn4)CC3)c2c1)S(C)(=O)=O. The van der Waals surface area contributed by atoms with Crippen LogP contribution in [0.15, 0.2) is 36.9 Å². The molecule has 0 radical (unpaired) electrons. The molecule has 2 N–H and O–H groups in total. The van der Waals surface area contributed by atoms with E-state index < -0.39 is 44.4 Å². The van der Waals surface area contributed by atoms with Gasteiger partial charge in [0.15, 0.2) is 0 Å². The van der Waals surface area contributed by atoms with Crippen molar-refractivity contribution in [3.63, 3.8) is 0 Å². The Hall–Kier alpha value is -3.97. The van der Waals surface area contributed by atoms with E-state index >= 15 is 0 Å². The zero-order chi connectivity index (χ0) is 41.0. The Labute approximate surface area is 347 Å². The van der Waals surface area contributed by atoms with Crippen LogP contribution < -0.4 is 49.3 Å². The second-order valence-electron chi connectivity index (χ2n) is 14.9. The van der Waals surface area contributed by atoms with Gasteiger partial charge in [-0.15, -0.1) is 0 Å². The van der Waals surface area contributed by atoms with E-state index in [9.17, 15) is 25.8 Å². The Morgan fingerprint density at radius 2 is 1.71 bits per heavy atom. The van der Waals surface area contributed by atoms with Gasteiger partial charge < -0.3 is 19.9 Å². The summed E-state index contributed by atoms with van der Waals surface area (Å²) >= 11 is -1.81. The number of pyridine rings is 2. The van der Waals surface area contributed by atoms with Crippen molar-refractivity contribution in [1.29, 1.82) is 0 Å². The molecule has 4 aromatic rings. The van der Waals surface area contributed by atoms with E-state index in [1.54, 1.807) is 37.3 Å². The molecule has 0 spiro atoms. The fourth-order valence-corrected chi connectivity index (χ4v) is 9.68. The van der Waals surface area contributed by atoms with E-state index in [-0.39, 0.29) is 24.5 Å². The fraction of sp³-hybridized carbons (Fsp3) is 0.583. The van der Waals surface area contributed by atoms with Gasteiger partial charge in [0.2, 0.25) is 5.95 Å². The van der Waals surface area contributed by atoms with E-state index in [2.05, 4.69) is 30.1 Å². The topological polar surface area (TPSA) is 194 Å². The number of imidazole rings is 1. The number of hydrogen-bond acceptors (Lipinski definition) is 16. The third-order valence-corrected chi connectivity index (χ3v) is 13.0. The normalized spacial score (nSPS) is 20.1. The number of halogens is 3. The summed E-state index contributed by atoms with van der Waals surface area (Å²) in [5, 5.41) is 16.2. The molecule has 0 aromatic carbocycles. The Kier molecular flexibility index (Phi) is 13.5. The quantitative estimate of drug-likeness (QED) is 0.0931. The Morgan fingerprint density at radius 3 is 2.36 bits per heavy atom. The van der Waals surface area contributed by atoms with Gasteiger partial charge in [0.05, 0.1) is 37.8 Å². The molecule has 0 amide bonds. The first-order valence-corrected chi connectivity index (χ1v) is 23.0. The molecule has 2 saturated heterocycles. The van der Waals surface area contributed by atoms with E-state index in [1.165, 1.54) is 21.3 Å². The molecule has 1 unspecified atom stereocenters. The summed E-state index contributed by atoms with van der Waals surface area (Å²) in [6.07, 6.45) is 8.86. The molecule has 0 bridgehead atoms. The summed E-state index contributed by atoms with van der Waals surface area (Å²) in [6.45, 7) is 6.81. The molecule has 22 heteroatoms. The van der Waals surface area contributed by atoms with Crippen molar-refractivity contribution in [2.24, 2.45) is 13.0 Å². The van der Waals surface area contributed by atoms with Crippen LogP contribution in [-0.4, -0.2) is 131 Å². The minimum absolute atomic E-state index is 0.0103. The summed E-state index contributed by atoms with van der Waals surface area (Å²) in [5.74, 6) is 1.85. The van der Waals surface area contributed by atoms with Crippen LogP contribution >= 0.6 is 0 Å². The van der Waals surface area contributed by atoms with Crippen molar-refractivity contribution < 1.29 is 52.0 Å². The number of hydrogen-bond donors (Lipinski definition) is 2. The van der Waals surface area contributed by atoms with Gasteiger partial charge in [-0.3, -0.25) is 4.90 Å². The van der Waals surface area contributed by atoms with Crippen molar-refractivity contribution in [2.75, 3.05) is 94.6 Å². The first-order chi connectivity index (χ1) is 27.9. The minimum atomic E-state index is -3.88. The number of piperazine rings is 1. The monoisotopic (exact) mass is 942 g/mol. The van der Waals surface area contributed by atoms with Crippen molar-refractivity contribution in [3.8, 4) is 5.88 Å². The number of nitrogens with one attached hydrogen (secondary N) is 1. The average molecular weight is 943 g/mol. The molecule has 18 nitrogen and oxygen atoms in total. The summed E-state index contributed by atoms with van der Waals surface area (Å²) < 4.78 is 77.0. The number of ether oxygens (including phenoxy) is 2. The van der Waals surface area contributed by atoms with E-state index in [0.29, 0.717) is 102 Å². The van der Waals surface area contributed by atoms with Crippen LogP contribution in [0, 0.1) is 11.1 Å². The fourth-order valence-electron chi connectivity index (χ4n) is 7.87. The van der Waals surface area contributed by atoms with E-state index in [1.807, 2.05) is 6.07 Å². The number of rotatable bonds is 15. The van der Waals surface area contributed by atoms with Crippen LogP contribution in [0.4, 0.5) is 37.9 Å². The molecule has 4 aromatic heterocycles. The van der Waals surface area contributed by atoms with Gasteiger partial charge in [0.25, 0.3) is 6.43 Å². The van der Waals surface area contributed by atoms with Crippen molar-refractivity contribution in [2.45, 2.75) is 51.1 Å². The van der Waals surface area contributed by atoms with E-state index in [0.717, 1.165) is 37.6 Å². The molecule has 318 valence electrons. The van der Waals surface area contributed by atoms with Gasteiger partial charge in [-0.05, 0) is 31.6 Å². The maximum atomic E-state index is 13.4. The molecular formula is C36H49F2IN12O6S-2. The number of morpholine rings is 1. The van der Waals surface area contributed by atoms with Crippen molar-refractivity contribution in [1.82, 2.24) is 34.4 Å². The number of sulfonamides is 1. The predicted molar refractivity (Wildman–Crippen MR) is 211 cm³/mol. The van der Waals surface area contributed by atoms with Gasteiger partial charge in [-0.25, -0.2) is 18.7 Å². The molecule has 1 saturated carbocycles. The standard InChI is InChI=1S/C36H49F2IN12O6S/c1-24(31-21-43-36(46(31)2)51(53)39-52)50(58(3,54)55)27-16-29-30(40-18-27)17-33(49-12-14-56-15-13-49)45-34(29)57-23-25-4-6-26(7-5-25)44-35-41-19-28(20-42-35)48-10-8-47(9-11-48)22-32(37)38/h16-21,24-26,32,52H,4-15,22-23H2,1-3H3,(H,41,42,44)/q-2. The van der Waals surface area contributed by atoms with Gasteiger partial charge >= 0.3 is 178 Å². The zero-order valence-corrected chi connectivity index (χ0v) is 35.6. The number of alkyl halides is 2. The third-order valence-electron chi connectivity index (χ3n) is 11.0. The molecule has 1 atom stereocenters. The van der Waals surface area contributed by atoms with Crippen molar-refractivity contribution in [3.05, 3.63) is 47.8 Å². The molecular weight excluding hydrogens is 893 g/mol. The zero-order valence-electron chi connectivity index (χ0n) is 32.6. The molecule has 3 aliphatic rings. The maximum absolute atomic E-state index is 13.4. The molecule has 6 heterocycles. The molecule has 7 rings (SSSR count). The summed E-state index contributed by atoms with van der Waals surface area (Å²) in [4.78, 5) is 28.9. The number of fused-ring (bicyclic) bond motifs is 1. The van der Waals surface area contributed by atoms with Gasteiger partial charge in [-0.2, -0.15) is 0 Å². The molecule has 58 heavy (non-hydrogen) atoms. The van der Waals surface area contributed by atoms with Crippen LogP contribution in [0.5, 0.6) is 5.88 Å². The summed E-state index contributed by atoms with van der Waals surface area (Å²) in [6, 6.07) is 3.01. The van der Waals surface area contributed by atoms with Crippen LogP contribution in [-0.2, 0) is 21.8 Å². The second kappa shape index (κ2) is 18.5. The summed E-state index contributed by atoms with van der Waals surface area (Å²) in [5.41, 5.74) is 2.21. The molecule has 1 aliphatic carbocycles. The molecule has 3 fully saturated rings. The second-order valence-corrected chi connectivity index (χ2v) is 18.0. The predicted octanol–water partition coefficient (Wildman–Crippen LogP) is 0.169. The Balaban J connectivity index is 1.03. The first kappa shape index (κ1) is 42.2. The number of aromatic nitrogens is 6. The van der Waals surface area contributed by atoms with Crippen LogP contribution in [0.25, 0.3) is 10.9 Å². The Bertz CT molecular complexity index is 2100. The van der Waals surface area contributed by atoms with Crippen LogP contribution in [0.2, 0.25) is 0 Å². The average Bonchev–Trinajstić information content (AvgIpc) is 3.61.